The van der Waals surface area contributed by atoms with E-state index in [9.17, 15) is 9.90 Å². The summed E-state index contributed by atoms with van der Waals surface area (Å²) in [4.78, 5) is 12.2. The molecule has 4 aromatic rings. The van der Waals surface area contributed by atoms with Gasteiger partial charge in [0.15, 0.2) is 28.8 Å². The number of aromatic hydroxyl groups is 1. The molecule has 5 rings (SSSR count). The number of ether oxygens (including phenoxy) is 2. The van der Waals surface area contributed by atoms with Crippen LogP contribution in [0.2, 0.25) is 0 Å². The van der Waals surface area contributed by atoms with Crippen molar-refractivity contribution in [3.05, 3.63) is 65.5 Å². The van der Waals surface area contributed by atoms with Crippen molar-refractivity contribution in [2.24, 2.45) is 0 Å². The van der Waals surface area contributed by atoms with Crippen LogP contribution in [0.3, 0.4) is 0 Å². The highest BCUT2D eigenvalue weighted by Crippen LogP contribution is 2.30. The molecule has 0 amide bonds. The van der Waals surface area contributed by atoms with Gasteiger partial charge in [-0.2, -0.15) is 9.61 Å². The molecule has 8 heteroatoms. The van der Waals surface area contributed by atoms with Crippen molar-refractivity contribution >= 4 is 11.4 Å². The average molecular weight is 402 g/mol. The molecule has 1 aliphatic heterocycles. The van der Waals surface area contributed by atoms with Crippen LogP contribution in [0.4, 0.5) is 0 Å². The standard InChI is InChI=1S/C22H18N4O4/c1-29-20-5-2-13(10-18(20)28)11-22-24-23-21-7-4-16(25-26(21)22)14-3-6-19-15(12-14)17(27)8-9-30-19/h2-7,10,12,28H,8-9,11H2,1H3. The first-order valence-corrected chi connectivity index (χ1v) is 9.50. The first kappa shape index (κ1) is 18.1. The van der Waals surface area contributed by atoms with Gasteiger partial charge in [0.1, 0.15) is 5.75 Å². The maximum atomic E-state index is 12.2. The van der Waals surface area contributed by atoms with Gasteiger partial charge in [-0.05, 0) is 48.0 Å². The smallest absolute Gasteiger partial charge is 0.177 e. The van der Waals surface area contributed by atoms with E-state index in [4.69, 9.17) is 9.47 Å². The number of nitrogens with zero attached hydrogens (tertiary/aromatic N) is 4. The fraction of sp³-hybridized carbons (Fsp3) is 0.182. The molecule has 1 aliphatic rings. The number of phenols is 1. The molecule has 0 saturated carbocycles. The third kappa shape index (κ3) is 3.12. The van der Waals surface area contributed by atoms with E-state index < -0.39 is 0 Å². The molecule has 30 heavy (non-hydrogen) atoms. The topological polar surface area (TPSA) is 98.8 Å². The Labute approximate surface area is 171 Å². The number of carbonyl (C=O) groups excluding carboxylic acids is 1. The van der Waals surface area contributed by atoms with Gasteiger partial charge in [0.2, 0.25) is 0 Å². The first-order valence-electron chi connectivity index (χ1n) is 9.50. The number of phenolic OH excluding ortho intramolecular Hbond substituents is 1. The molecule has 2 aromatic carbocycles. The van der Waals surface area contributed by atoms with Crippen LogP contribution in [0, 0.1) is 0 Å². The largest absolute Gasteiger partial charge is 0.504 e. The Kier molecular flexibility index (Phi) is 4.31. The molecule has 0 aliphatic carbocycles. The van der Waals surface area contributed by atoms with Gasteiger partial charge in [-0.15, -0.1) is 10.2 Å². The van der Waals surface area contributed by atoms with E-state index in [1.165, 1.54) is 7.11 Å². The monoisotopic (exact) mass is 402 g/mol. The zero-order valence-corrected chi connectivity index (χ0v) is 16.2. The van der Waals surface area contributed by atoms with Crippen LogP contribution >= 0.6 is 0 Å². The Morgan fingerprint density at radius 3 is 2.87 bits per heavy atom. The van der Waals surface area contributed by atoms with Gasteiger partial charge in [-0.25, -0.2) is 0 Å². The third-order valence-electron chi connectivity index (χ3n) is 5.10. The number of methoxy groups -OCH3 is 1. The number of carbonyl (C=O) groups is 1. The Hall–Kier alpha value is -3.94. The Bertz CT molecular complexity index is 1280. The van der Waals surface area contributed by atoms with Crippen LogP contribution in [-0.4, -0.2) is 44.4 Å². The summed E-state index contributed by atoms with van der Waals surface area (Å²) in [6.07, 6.45) is 0.818. The molecule has 8 nitrogen and oxygen atoms in total. The van der Waals surface area contributed by atoms with Gasteiger partial charge < -0.3 is 14.6 Å². The lowest BCUT2D eigenvalue weighted by molar-refractivity contribution is 0.0933. The van der Waals surface area contributed by atoms with Gasteiger partial charge >= 0.3 is 0 Å². The quantitative estimate of drug-likeness (QED) is 0.560. The van der Waals surface area contributed by atoms with Crippen molar-refractivity contribution in [3.8, 4) is 28.5 Å². The summed E-state index contributed by atoms with van der Waals surface area (Å²) in [5.74, 6) is 1.80. The van der Waals surface area contributed by atoms with Crippen molar-refractivity contribution in [1.82, 2.24) is 19.8 Å². The number of Topliss-reactive ketones (excluding diaryl/α,β-unsaturated/α-hetero) is 1. The Morgan fingerprint density at radius 2 is 2.03 bits per heavy atom. The third-order valence-corrected chi connectivity index (χ3v) is 5.10. The zero-order valence-electron chi connectivity index (χ0n) is 16.2. The van der Waals surface area contributed by atoms with E-state index in [-0.39, 0.29) is 11.5 Å². The highest BCUT2D eigenvalue weighted by atomic mass is 16.5. The molecule has 150 valence electrons. The highest BCUT2D eigenvalue weighted by molar-refractivity contribution is 6.00. The van der Waals surface area contributed by atoms with Crippen LogP contribution in [-0.2, 0) is 6.42 Å². The fourth-order valence-electron chi connectivity index (χ4n) is 3.55. The Morgan fingerprint density at radius 1 is 1.13 bits per heavy atom. The van der Waals surface area contributed by atoms with Crippen LogP contribution in [0.25, 0.3) is 16.9 Å². The second-order valence-corrected chi connectivity index (χ2v) is 7.02. The minimum Gasteiger partial charge on any atom is -0.504 e. The van der Waals surface area contributed by atoms with Crippen molar-refractivity contribution < 1.29 is 19.4 Å². The Balaban J connectivity index is 1.51. The minimum atomic E-state index is 0.0680. The molecule has 0 spiro atoms. The van der Waals surface area contributed by atoms with E-state index >= 15 is 0 Å². The predicted molar refractivity (Wildman–Crippen MR) is 108 cm³/mol. The molecule has 2 aromatic heterocycles. The maximum Gasteiger partial charge on any atom is 0.177 e. The molecular formula is C22H18N4O4. The molecule has 0 radical (unpaired) electrons. The number of rotatable bonds is 4. The number of aromatic nitrogens is 4. The van der Waals surface area contributed by atoms with E-state index in [0.717, 1.165) is 11.1 Å². The van der Waals surface area contributed by atoms with Crippen LogP contribution in [0.1, 0.15) is 28.2 Å². The van der Waals surface area contributed by atoms with Gasteiger partial charge in [0.05, 0.1) is 25.0 Å². The summed E-state index contributed by atoms with van der Waals surface area (Å²) < 4.78 is 12.3. The second kappa shape index (κ2) is 7.14. The molecule has 0 bridgehead atoms. The van der Waals surface area contributed by atoms with Gasteiger partial charge in [0, 0.05) is 18.4 Å². The van der Waals surface area contributed by atoms with Gasteiger partial charge in [-0.3, -0.25) is 4.79 Å². The van der Waals surface area contributed by atoms with E-state index in [1.54, 1.807) is 22.7 Å². The summed E-state index contributed by atoms with van der Waals surface area (Å²) in [6.45, 7) is 0.417. The average Bonchev–Trinajstić information content (AvgIpc) is 3.16. The van der Waals surface area contributed by atoms with Gasteiger partial charge in [-0.1, -0.05) is 6.07 Å². The second-order valence-electron chi connectivity index (χ2n) is 7.02. The van der Waals surface area contributed by atoms with E-state index in [0.29, 0.717) is 53.7 Å². The summed E-state index contributed by atoms with van der Waals surface area (Å²) in [6, 6.07) is 14.4. The molecule has 1 N–H and O–H groups in total. The van der Waals surface area contributed by atoms with Crippen molar-refractivity contribution in [2.75, 3.05) is 13.7 Å². The maximum absolute atomic E-state index is 12.2. The lowest BCUT2D eigenvalue weighted by atomic mass is 10.0. The SMILES string of the molecule is COc1ccc(Cc2nnc3ccc(-c4ccc5c(c4)C(=O)CCO5)nn23)cc1O. The fourth-order valence-corrected chi connectivity index (χ4v) is 3.55. The molecule has 0 fully saturated rings. The van der Waals surface area contributed by atoms with Crippen LogP contribution in [0.5, 0.6) is 17.2 Å². The summed E-state index contributed by atoms with van der Waals surface area (Å²) in [5.41, 5.74) is 3.56. The van der Waals surface area contributed by atoms with E-state index in [2.05, 4.69) is 15.3 Å². The van der Waals surface area contributed by atoms with Crippen molar-refractivity contribution in [2.45, 2.75) is 12.8 Å². The number of benzene rings is 2. The zero-order chi connectivity index (χ0) is 20.7. The number of hydrogen-bond donors (Lipinski definition) is 1. The minimum absolute atomic E-state index is 0.0680. The molecule has 0 saturated heterocycles. The summed E-state index contributed by atoms with van der Waals surface area (Å²) in [5, 5.41) is 23.1. The highest BCUT2D eigenvalue weighted by Gasteiger charge is 2.19. The first-order chi connectivity index (χ1) is 14.6. The van der Waals surface area contributed by atoms with E-state index in [1.807, 2.05) is 30.3 Å². The van der Waals surface area contributed by atoms with Crippen LogP contribution in [0.15, 0.2) is 48.5 Å². The number of fused-ring (bicyclic) bond motifs is 2. The van der Waals surface area contributed by atoms with Crippen molar-refractivity contribution in [3.63, 3.8) is 0 Å². The number of hydrogen-bond acceptors (Lipinski definition) is 7. The van der Waals surface area contributed by atoms with Gasteiger partial charge in [0.25, 0.3) is 0 Å². The molecule has 0 atom stereocenters. The molecule has 0 unspecified atom stereocenters. The summed E-state index contributed by atoms with van der Waals surface area (Å²) >= 11 is 0. The summed E-state index contributed by atoms with van der Waals surface area (Å²) in [7, 11) is 1.51. The van der Waals surface area contributed by atoms with Crippen LogP contribution < -0.4 is 9.47 Å². The lowest BCUT2D eigenvalue weighted by Crippen LogP contribution is -2.15. The normalized spacial score (nSPS) is 13.2. The molecular weight excluding hydrogens is 384 g/mol. The molecule has 3 heterocycles. The number of ketones is 1. The predicted octanol–water partition coefficient (Wildman–Crippen LogP) is 3.06. The van der Waals surface area contributed by atoms with Crippen molar-refractivity contribution in [1.29, 1.82) is 0 Å². The lowest BCUT2D eigenvalue weighted by Gasteiger charge is -2.16.